The molecule has 1 N–H and O–H groups in total. The largest absolute Gasteiger partial charge is 0.508 e. The summed E-state index contributed by atoms with van der Waals surface area (Å²) in [5, 5.41) is 10.0. The lowest BCUT2D eigenvalue weighted by atomic mass is 9.94. The first kappa shape index (κ1) is 21.6. The van der Waals surface area contributed by atoms with Gasteiger partial charge in [-0.1, -0.05) is 38.2 Å². The number of carbonyl (C=O) groups is 1. The van der Waals surface area contributed by atoms with Crippen LogP contribution in [0.5, 0.6) is 5.75 Å². The second-order valence-electron chi connectivity index (χ2n) is 8.72. The van der Waals surface area contributed by atoms with Gasteiger partial charge in [-0.25, -0.2) is 4.79 Å². The van der Waals surface area contributed by atoms with Crippen molar-refractivity contribution in [1.29, 1.82) is 0 Å². The lowest BCUT2D eigenvalue weighted by molar-refractivity contribution is -0.148. The van der Waals surface area contributed by atoms with Crippen LogP contribution >= 0.6 is 0 Å². The number of hydrogen-bond acceptors (Lipinski definition) is 5. The molecule has 5 atom stereocenters. The van der Waals surface area contributed by atoms with Crippen molar-refractivity contribution < 1.29 is 24.1 Å². The number of benzene rings is 1. The first-order valence-electron chi connectivity index (χ1n) is 10.3. The summed E-state index contributed by atoms with van der Waals surface area (Å²) in [6.45, 7) is 11.7. The Kier molecular flexibility index (Phi) is 6.20. The fourth-order valence-electron chi connectivity index (χ4n) is 3.98. The van der Waals surface area contributed by atoms with E-state index in [9.17, 15) is 9.90 Å². The topological polar surface area (TPSA) is 65.0 Å². The van der Waals surface area contributed by atoms with Crippen molar-refractivity contribution in [2.75, 3.05) is 0 Å². The van der Waals surface area contributed by atoms with Gasteiger partial charge in [0.05, 0.1) is 17.8 Å². The van der Waals surface area contributed by atoms with Crippen LogP contribution in [0.3, 0.4) is 0 Å². The van der Waals surface area contributed by atoms with E-state index in [4.69, 9.17) is 14.2 Å². The summed E-state index contributed by atoms with van der Waals surface area (Å²) in [5.41, 5.74) is 1.81. The molecule has 0 bridgehead atoms. The fourth-order valence-corrected chi connectivity index (χ4v) is 3.98. The average molecular weight is 401 g/mol. The van der Waals surface area contributed by atoms with Gasteiger partial charge >= 0.3 is 5.97 Å². The molecule has 5 nitrogen and oxygen atoms in total. The number of phenolic OH excluding ortho intramolecular Hbond substituents is 1. The molecule has 3 rings (SSSR count). The molecule has 0 spiro atoms. The third kappa shape index (κ3) is 4.90. The zero-order valence-electron chi connectivity index (χ0n) is 18.1. The van der Waals surface area contributed by atoms with E-state index in [0.29, 0.717) is 23.1 Å². The van der Waals surface area contributed by atoms with E-state index < -0.39 is 5.79 Å². The number of phenols is 1. The van der Waals surface area contributed by atoms with Gasteiger partial charge in [-0.2, -0.15) is 0 Å². The summed E-state index contributed by atoms with van der Waals surface area (Å²) in [6.07, 6.45) is 8.24. The maximum atomic E-state index is 12.9. The standard InChI is InChI=1S/C24H32O5/c1-14-10-11-15(2)22-20(28-24(5,6)29-22)9-7-8-18-13-19(25)12-16(3)21(18)23(26)27-17(14)4/h7-8,10-15,17,20,22,25H,9H2,1-6H3/b8-7?,11-10-/t14-,15?,17+,20+,22-/m1/s1. The Balaban J connectivity index is 2.02. The summed E-state index contributed by atoms with van der Waals surface area (Å²) in [7, 11) is 0. The molecule has 5 heteroatoms. The molecule has 1 aromatic carbocycles. The third-order valence-corrected chi connectivity index (χ3v) is 5.71. The lowest BCUT2D eigenvalue weighted by Gasteiger charge is -2.23. The number of ether oxygens (including phenoxy) is 3. The second-order valence-corrected chi connectivity index (χ2v) is 8.72. The van der Waals surface area contributed by atoms with Gasteiger partial charge in [-0.3, -0.25) is 0 Å². The summed E-state index contributed by atoms with van der Waals surface area (Å²) in [4.78, 5) is 12.9. The SMILES string of the molecule is Cc1cc(O)cc2c1C(=O)O[C@@H](C)[C@H](C)/C=C\C(C)[C@H]1OC(C)(C)O[C@H]1CC=C2. The molecule has 1 fully saturated rings. The van der Waals surface area contributed by atoms with Gasteiger partial charge in [0.25, 0.3) is 0 Å². The molecule has 0 aromatic heterocycles. The molecule has 1 unspecified atom stereocenters. The Hall–Kier alpha value is -2.11. The van der Waals surface area contributed by atoms with Crippen molar-refractivity contribution in [1.82, 2.24) is 0 Å². The van der Waals surface area contributed by atoms with E-state index in [1.807, 2.05) is 39.8 Å². The zero-order valence-corrected chi connectivity index (χ0v) is 18.1. The van der Waals surface area contributed by atoms with Crippen LogP contribution in [0.1, 0.15) is 62.5 Å². The number of esters is 1. The monoisotopic (exact) mass is 400 g/mol. The molecule has 2 heterocycles. The number of carbonyl (C=O) groups excluding carboxylic acids is 1. The molecule has 0 radical (unpaired) electrons. The lowest BCUT2D eigenvalue weighted by Crippen LogP contribution is -2.29. The fraction of sp³-hybridized carbons (Fsp3) is 0.542. The van der Waals surface area contributed by atoms with Gasteiger partial charge in [0, 0.05) is 11.8 Å². The highest BCUT2D eigenvalue weighted by molar-refractivity contribution is 5.95. The number of aryl methyl sites for hydroxylation is 1. The molecular weight excluding hydrogens is 368 g/mol. The van der Waals surface area contributed by atoms with Crippen molar-refractivity contribution in [2.45, 2.75) is 72.1 Å². The Bertz CT molecular complexity index is 823. The molecule has 0 saturated carbocycles. The normalized spacial score (nSPS) is 33.3. The van der Waals surface area contributed by atoms with Crippen molar-refractivity contribution in [3.05, 3.63) is 47.1 Å². The van der Waals surface area contributed by atoms with Crippen LogP contribution in [0.15, 0.2) is 30.4 Å². The molecular formula is C24H32O5. The minimum absolute atomic E-state index is 0.0505. The predicted octanol–water partition coefficient (Wildman–Crippen LogP) is 5.01. The minimum atomic E-state index is -0.635. The van der Waals surface area contributed by atoms with Crippen LogP contribution in [-0.2, 0) is 14.2 Å². The van der Waals surface area contributed by atoms with E-state index in [2.05, 4.69) is 19.1 Å². The van der Waals surface area contributed by atoms with Crippen molar-refractivity contribution >= 4 is 12.0 Å². The van der Waals surface area contributed by atoms with Gasteiger partial charge in [0.2, 0.25) is 0 Å². The smallest absolute Gasteiger partial charge is 0.339 e. The van der Waals surface area contributed by atoms with Gasteiger partial charge in [0.15, 0.2) is 5.79 Å². The van der Waals surface area contributed by atoms with Crippen molar-refractivity contribution in [3.63, 3.8) is 0 Å². The number of cyclic esters (lactones) is 1. The number of fused-ring (bicyclic) bond motifs is 2. The summed E-state index contributed by atoms with van der Waals surface area (Å²) in [5.74, 6) is -0.683. The van der Waals surface area contributed by atoms with Crippen LogP contribution in [0.4, 0.5) is 0 Å². The summed E-state index contributed by atoms with van der Waals surface area (Å²) in [6, 6.07) is 3.18. The Labute approximate surface area is 173 Å². The molecule has 0 aliphatic carbocycles. The average Bonchev–Trinajstić information content (AvgIpc) is 2.92. The maximum Gasteiger partial charge on any atom is 0.339 e. The molecule has 29 heavy (non-hydrogen) atoms. The molecule has 2 aliphatic heterocycles. The third-order valence-electron chi connectivity index (χ3n) is 5.71. The minimum Gasteiger partial charge on any atom is -0.508 e. The number of rotatable bonds is 0. The van der Waals surface area contributed by atoms with Crippen LogP contribution in [-0.4, -0.2) is 35.2 Å². The van der Waals surface area contributed by atoms with Crippen LogP contribution in [0, 0.1) is 18.8 Å². The highest BCUT2D eigenvalue weighted by Crippen LogP contribution is 2.35. The molecule has 1 saturated heterocycles. The van der Waals surface area contributed by atoms with Crippen LogP contribution < -0.4 is 0 Å². The van der Waals surface area contributed by atoms with Crippen molar-refractivity contribution in [3.8, 4) is 5.75 Å². The number of aromatic hydroxyl groups is 1. The van der Waals surface area contributed by atoms with Gasteiger partial charge in [0.1, 0.15) is 11.9 Å². The highest BCUT2D eigenvalue weighted by atomic mass is 16.8. The van der Waals surface area contributed by atoms with E-state index in [1.165, 1.54) is 0 Å². The Morgan fingerprint density at radius 2 is 1.76 bits per heavy atom. The van der Waals surface area contributed by atoms with Crippen LogP contribution in [0.25, 0.3) is 6.08 Å². The molecule has 158 valence electrons. The predicted molar refractivity (Wildman–Crippen MR) is 113 cm³/mol. The van der Waals surface area contributed by atoms with E-state index >= 15 is 0 Å². The first-order valence-corrected chi connectivity index (χ1v) is 10.3. The second kappa shape index (κ2) is 8.33. The van der Waals surface area contributed by atoms with Gasteiger partial charge < -0.3 is 19.3 Å². The molecule has 1 aromatic rings. The Morgan fingerprint density at radius 1 is 1.07 bits per heavy atom. The van der Waals surface area contributed by atoms with E-state index in [0.717, 1.165) is 0 Å². The van der Waals surface area contributed by atoms with Gasteiger partial charge in [-0.05, 0) is 57.4 Å². The Morgan fingerprint density at radius 3 is 2.48 bits per heavy atom. The highest BCUT2D eigenvalue weighted by Gasteiger charge is 2.42. The molecule has 2 aliphatic rings. The maximum absolute atomic E-state index is 12.9. The van der Waals surface area contributed by atoms with E-state index in [1.54, 1.807) is 19.1 Å². The summed E-state index contributed by atoms with van der Waals surface area (Å²) >= 11 is 0. The zero-order chi connectivity index (χ0) is 21.3. The van der Waals surface area contributed by atoms with E-state index in [-0.39, 0.29) is 41.9 Å². The van der Waals surface area contributed by atoms with Gasteiger partial charge in [-0.15, -0.1) is 0 Å². The summed E-state index contributed by atoms with van der Waals surface area (Å²) < 4.78 is 18.1. The molecule has 0 amide bonds. The first-order chi connectivity index (χ1) is 13.6. The van der Waals surface area contributed by atoms with Crippen molar-refractivity contribution in [2.24, 2.45) is 11.8 Å². The number of hydrogen-bond donors (Lipinski definition) is 1. The van der Waals surface area contributed by atoms with Crippen LogP contribution in [0.2, 0.25) is 0 Å². The quantitative estimate of drug-likeness (QED) is 0.490.